The molecule has 1 aromatic heterocycles. The summed E-state index contributed by atoms with van der Waals surface area (Å²) in [5.41, 5.74) is 0.986. The van der Waals surface area contributed by atoms with Gasteiger partial charge in [0.1, 0.15) is 0 Å². The van der Waals surface area contributed by atoms with Gasteiger partial charge < -0.3 is 4.74 Å². The Kier molecular flexibility index (Phi) is 4.10. The van der Waals surface area contributed by atoms with Gasteiger partial charge in [0.15, 0.2) is 0 Å². The van der Waals surface area contributed by atoms with Crippen molar-refractivity contribution in [1.29, 1.82) is 0 Å². The minimum absolute atomic E-state index is 0.333. The van der Waals surface area contributed by atoms with Crippen LogP contribution in [0, 0.1) is 0 Å². The second kappa shape index (κ2) is 6.16. The molecule has 2 heterocycles. The molecule has 100 valence electrons. The SMILES string of the molecule is c1ccc(-n2nnnc2SC[C@H]2CCCCO2)cc1. The topological polar surface area (TPSA) is 52.8 Å². The van der Waals surface area contributed by atoms with Gasteiger partial charge in [0.2, 0.25) is 5.16 Å². The predicted molar refractivity (Wildman–Crippen MR) is 73.5 cm³/mol. The molecular formula is C13H16N4OS. The first-order valence-corrected chi connectivity index (χ1v) is 7.50. The first-order valence-electron chi connectivity index (χ1n) is 6.52. The summed E-state index contributed by atoms with van der Waals surface area (Å²) in [5.74, 6) is 0.910. The summed E-state index contributed by atoms with van der Waals surface area (Å²) >= 11 is 1.66. The van der Waals surface area contributed by atoms with Gasteiger partial charge >= 0.3 is 0 Å². The number of tetrazole rings is 1. The Morgan fingerprint density at radius 1 is 1.26 bits per heavy atom. The van der Waals surface area contributed by atoms with Gasteiger partial charge in [-0.05, 0) is 41.8 Å². The van der Waals surface area contributed by atoms with Crippen molar-refractivity contribution in [3.8, 4) is 5.69 Å². The number of thioether (sulfide) groups is 1. The van der Waals surface area contributed by atoms with Crippen LogP contribution in [0.3, 0.4) is 0 Å². The van der Waals surface area contributed by atoms with E-state index in [4.69, 9.17) is 4.74 Å². The third-order valence-corrected chi connectivity index (χ3v) is 4.17. The number of aromatic nitrogens is 4. The molecule has 0 radical (unpaired) electrons. The van der Waals surface area contributed by atoms with E-state index >= 15 is 0 Å². The van der Waals surface area contributed by atoms with Crippen molar-refractivity contribution in [1.82, 2.24) is 20.2 Å². The predicted octanol–water partition coefficient (Wildman–Crippen LogP) is 2.32. The molecule has 19 heavy (non-hydrogen) atoms. The lowest BCUT2D eigenvalue weighted by molar-refractivity contribution is 0.0315. The van der Waals surface area contributed by atoms with Gasteiger partial charge in [0, 0.05) is 12.4 Å². The zero-order chi connectivity index (χ0) is 12.9. The molecule has 0 unspecified atom stereocenters. The average Bonchev–Trinajstić information content (AvgIpc) is 2.95. The van der Waals surface area contributed by atoms with E-state index in [0.717, 1.165) is 29.6 Å². The van der Waals surface area contributed by atoms with Gasteiger partial charge in [-0.15, -0.1) is 5.10 Å². The number of hydrogen-bond donors (Lipinski definition) is 0. The molecule has 0 saturated carbocycles. The van der Waals surface area contributed by atoms with Crippen LogP contribution in [0.15, 0.2) is 35.5 Å². The smallest absolute Gasteiger partial charge is 0.214 e. The Bertz CT molecular complexity index is 510. The van der Waals surface area contributed by atoms with Crippen LogP contribution in [-0.4, -0.2) is 38.7 Å². The minimum atomic E-state index is 0.333. The first-order chi connectivity index (χ1) is 9.43. The molecule has 1 atom stereocenters. The maximum absolute atomic E-state index is 5.72. The van der Waals surface area contributed by atoms with E-state index in [1.807, 2.05) is 30.3 Å². The third-order valence-electron chi connectivity index (χ3n) is 3.11. The molecule has 1 aliphatic heterocycles. The molecule has 0 N–H and O–H groups in total. The standard InChI is InChI=1S/C13H16N4OS/c1-2-6-11(7-3-1)17-13(14-15-16-17)19-10-12-8-4-5-9-18-12/h1-3,6-7,12H,4-5,8-10H2/t12-/m1/s1. The lowest BCUT2D eigenvalue weighted by Gasteiger charge is -2.21. The molecule has 3 rings (SSSR count). The van der Waals surface area contributed by atoms with Gasteiger partial charge in [-0.3, -0.25) is 0 Å². The fraction of sp³-hybridized carbons (Fsp3) is 0.462. The number of para-hydroxylation sites is 1. The average molecular weight is 276 g/mol. The van der Waals surface area contributed by atoms with Gasteiger partial charge in [0.25, 0.3) is 0 Å². The number of ether oxygens (including phenoxy) is 1. The molecule has 0 spiro atoms. The van der Waals surface area contributed by atoms with Crippen molar-refractivity contribution in [3.63, 3.8) is 0 Å². The second-order valence-corrected chi connectivity index (χ2v) is 5.50. The van der Waals surface area contributed by atoms with Gasteiger partial charge in [-0.25, -0.2) is 0 Å². The van der Waals surface area contributed by atoms with Crippen molar-refractivity contribution >= 4 is 11.8 Å². The molecule has 1 saturated heterocycles. The molecular weight excluding hydrogens is 260 g/mol. The zero-order valence-electron chi connectivity index (χ0n) is 10.6. The van der Waals surface area contributed by atoms with E-state index in [1.54, 1.807) is 16.4 Å². The van der Waals surface area contributed by atoms with Gasteiger partial charge in [0.05, 0.1) is 11.8 Å². The molecule has 0 bridgehead atoms. The summed E-state index contributed by atoms with van der Waals surface area (Å²) < 4.78 is 7.49. The summed E-state index contributed by atoms with van der Waals surface area (Å²) in [4.78, 5) is 0. The third kappa shape index (κ3) is 3.13. The summed E-state index contributed by atoms with van der Waals surface area (Å²) in [6, 6.07) is 9.94. The second-order valence-electron chi connectivity index (χ2n) is 4.51. The number of nitrogens with zero attached hydrogens (tertiary/aromatic N) is 4. The van der Waals surface area contributed by atoms with Crippen LogP contribution in [0.4, 0.5) is 0 Å². The van der Waals surface area contributed by atoms with E-state index in [1.165, 1.54) is 12.8 Å². The van der Waals surface area contributed by atoms with E-state index in [9.17, 15) is 0 Å². The number of rotatable bonds is 4. The fourth-order valence-corrected chi connectivity index (χ4v) is 3.06. The van der Waals surface area contributed by atoms with Crippen LogP contribution in [0.2, 0.25) is 0 Å². The lowest BCUT2D eigenvalue weighted by Crippen LogP contribution is -2.21. The Labute approximate surface area is 116 Å². The van der Waals surface area contributed by atoms with E-state index < -0.39 is 0 Å². The molecule has 1 aromatic carbocycles. The van der Waals surface area contributed by atoms with E-state index in [-0.39, 0.29) is 0 Å². The summed E-state index contributed by atoms with van der Waals surface area (Å²) in [7, 11) is 0. The molecule has 0 amide bonds. The Morgan fingerprint density at radius 3 is 2.95 bits per heavy atom. The summed E-state index contributed by atoms with van der Waals surface area (Å²) in [5, 5.41) is 12.7. The maximum Gasteiger partial charge on any atom is 0.214 e. The number of benzene rings is 1. The molecule has 2 aromatic rings. The first kappa shape index (κ1) is 12.6. The Morgan fingerprint density at radius 2 is 2.16 bits per heavy atom. The van der Waals surface area contributed by atoms with E-state index in [2.05, 4.69) is 15.5 Å². The number of hydrogen-bond acceptors (Lipinski definition) is 5. The van der Waals surface area contributed by atoms with Crippen LogP contribution < -0.4 is 0 Å². The fourth-order valence-electron chi connectivity index (χ4n) is 2.11. The molecule has 6 heteroatoms. The van der Waals surface area contributed by atoms with Crippen LogP contribution in [-0.2, 0) is 4.74 Å². The van der Waals surface area contributed by atoms with Gasteiger partial charge in [-0.1, -0.05) is 30.0 Å². The van der Waals surface area contributed by atoms with Crippen molar-refractivity contribution in [3.05, 3.63) is 30.3 Å². The molecule has 5 nitrogen and oxygen atoms in total. The zero-order valence-corrected chi connectivity index (χ0v) is 11.4. The Hall–Kier alpha value is -1.40. The normalized spacial score (nSPS) is 19.5. The largest absolute Gasteiger partial charge is 0.377 e. The summed E-state index contributed by atoms with van der Waals surface area (Å²) in [6.45, 7) is 0.884. The van der Waals surface area contributed by atoms with Crippen molar-refractivity contribution in [2.45, 2.75) is 30.5 Å². The van der Waals surface area contributed by atoms with Crippen molar-refractivity contribution in [2.75, 3.05) is 12.4 Å². The maximum atomic E-state index is 5.72. The van der Waals surface area contributed by atoms with Crippen molar-refractivity contribution in [2.24, 2.45) is 0 Å². The molecule has 1 aliphatic rings. The van der Waals surface area contributed by atoms with Crippen LogP contribution in [0.1, 0.15) is 19.3 Å². The van der Waals surface area contributed by atoms with Crippen LogP contribution >= 0.6 is 11.8 Å². The molecule has 1 fully saturated rings. The van der Waals surface area contributed by atoms with Crippen LogP contribution in [0.25, 0.3) is 5.69 Å². The summed E-state index contributed by atoms with van der Waals surface area (Å²) in [6.07, 6.45) is 3.91. The quantitative estimate of drug-likeness (QED) is 0.802. The lowest BCUT2D eigenvalue weighted by atomic mass is 10.1. The monoisotopic (exact) mass is 276 g/mol. The highest BCUT2D eigenvalue weighted by molar-refractivity contribution is 7.99. The van der Waals surface area contributed by atoms with Crippen molar-refractivity contribution < 1.29 is 4.74 Å². The van der Waals surface area contributed by atoms with Gasteiger partial charge in [-0.2, -0.15) is 4.68 Å². The minimum Gasteiger partial charge on any atom is -0.377 e. The molecule has 0 aliphatic carbocycles. The van der Waals surface area contributed by atoms with E-state index in [0.29, 0.717) is 6.10 Å². The Balaban J connectivity index is 1.67. The highest BCUT2D eigenvalue weighted by Gasteiger charge is 2.16. The van der Waals surface area contributed by atoms with Crippen LogP contribution in [0.5, 0.6) is 0 Å². The highest BCUT2D eigenvalue weighted by atomic mass is 32.2. The highest BCUT2D eigenvalue weighted by Crippen LogP contribution is 2.23.